The van der Waals surface area contributed by atoms with Gasteiger partial charge in [-0.1, -0.05) is 13.8 Å². The van der Waals surface area contributed by atoms with E-state index in [0.29, 0.717) is 0 Å². The molecule has 1 rings (SSSR count). The molecule has 1 aromatic heterocycles. The van der Waals surface area contributed by atoms with Crippen molar-refractivity contribution in [2.24, 2.45) is 5.92 Å². The van der Waals surface area contributed by atoms with Crippen molar-refractivity contribution < 1.29 is 18.7 Å². The molecule has 0 radical (unpaired) electrons. The van der Waals surface area contributed by atoms with E-state index in [1.807, 2.05) is 13.8 Å². The highest BCUT2D eigenvalue weighted by Gasteiger charge is 2.29. The monoisotopic (exact) mass is 267 g/mol. The minimum absolute atomic E-state index is 0.0752. The summed E-state index contributed by atoms with van der Waals surface area (Å²) in [5.74, 6) is -0.764. The van der Waals surface area contributed by atoms with Crippen molar-refractivity contribution in [2.45, 2.75) is 46.3 Å². The van der Waals surface area contributed by atoms with Crippen molar-refractivity contribution in [1.29, 1.82) is 0 Å². The summed E-state index contributed by atoms with van der Waals surface area (Å²) in [6.07, 6.45) is 1.41. The number of nitrogens with one attached hydrogen (secondary N) is 1. The molecule has 1 atom stereocenters. The zero-order valence-corrected chi connectivity index (χ0v) is 12.0. The van der Waals surface area contributed by atoms with Crippen LogP contribution in [0.25, 0.3) is 0 Å². The highest BCUT2D eigenvalue weighted by molar-refractivity contribution is 5.94. The minimum atomic E-state index is -0.697. The Morgan fingerprint density at radius 1 is 1.32 bits per heavy atom. The minimum Gasteiger partial charge on any atom is -0.459 e. The second-order valence-corrected chi connectivity index (χ2v) is 5.71. The molecule has 0 aromatic carbocycles. The molecule has 19 heavy (non-hydrogen) atoms. The van der Waals surface area contributed by atoms with Crippen LogP contribution in [0.1, 0.15) is 45.2 Å². The maximum Gasteiger partial charge on any atom is 0.329 e. The molecular formula is C14H21NO4. The standard InChI is InChI=1S/C14H21NO4/c1-9(2)11(13(17)19-14(3,4)5)15-12(16)10-7-6-8-18-10/h6-9,11H,1-5H3,(H,15,16)/t11-/m1/s1. The summed E-state index contributed by atoms with van der Waals surface area (Å²) in [4.78, 5) is 23.9. The molecule has 0 fully saturated rings. The molecule has 106 valence electrons. The van der Waals surface area contributed by atoms with Gasteiger partial charge in [-0.3, -0.25) is 4.79 Å². The number of rotatable bonds is 4. The summed E-state index contributed by atoms with van der Waals surface area (Å²) < 4.78 is 10.3. The van der Waals surface area contributed by atoms with Crippen molar-refractivity contribution in [1.82, 2.24) is 5.32 Å². The number of carbonyl (C=O) groups excluding carboxylic acids is 2. The van der Waals surface area contributed by atoms with Crippen molar-refractivity contribution >= 4 is 11.9 Å². The molecule has 1 amide bonds. The van der Waals surface area contributed by atoms with Crippen molar-refractivity contribution in [3.8, 4) is 0 Å². The molecule has 0 aliphatic rings. The molecule has 0 unspecified atom stereocenters. The molecule has 0 bridgehead atoms. The Kier molecular flexibility index (Phi) is 4.75. The summed E-state index contributed by atoms with van der Waals surface area (Å²) >= 11 is 0. The summed E-state index contributed by atoms with van der Waals surface area (Å²) in [6.45, 7) is 9.05. The van der Waals surface area contributed by atoms with Gasteiger partial charge in [0.25, 0.3) is 5.91 Å². The number of hydrogen-bond donors (Lipinski definition) is 1. The fourth-order valence-corrected chi connectivity index (χ4v) is 1.48. The highest BCUT2D eigenvalue weighted by Crippen LogP contribution is 2.13. The van der Waals surface area contributed by atoms with E-state index in [1.54, 1.807) is 32.9 Å². The van der Waals surface area contributed by atoms with Gasteiger partial charge in [-0.05, 0) is 38.8 Å². The van der Waals surface area contributed by atoms with Gasteiger partial charge in [0.05, 0.1) is 6.26 Å². The zero-order valence-electron chi connectivity index (χ0n) is 12.0. The van der Waals surface area contributed by atoms with Gasteiger partial charge < -0.3 is 14.5 Å². The number of carbonyl (C=O) groups is 2. The molecule has 5 heteroatoms. The molecule has 0 saturated heterocycles. The largest absolute Gasteiger partial charge is 0.459 e. The van der Waals surface area contributed by atoms with Gasteiger partial charge in [0.1, 0.15) is 11.6 Å². The van der Waals surface area contributed by atoms with E-state index in [9.17, 15) is 9.59 Å². The first kappa shape index (κ1) is 15.3. The van der Waals surface area contributed by atoms with E-state index in [0.717, 1.165) is 0 Å². The van der Waals surface area contributed by atoms with Crippen LogP contribution >= 0.6 is 0 Å². The lowest BCUT2D eigenvalue weighted by atomic mass is 10.0. The first-order valence-corrected chi connectivity index (χ1v) is 6.28. The second-order valence-electron chi connectivity index (χ2n) is 5.71. The first-order valence-electron chi connectivity index (χ1n) is 6.28. The van der Waals surface area contributed by atoms with Crippen LogP contribution in [0.4, 0.5) is 0 Å². The first-order chi connectivity index (χ1) is 8.70. The summed E-state index contributed by atoms with van der Waals surface area (Å²) in [7, 11) is 0. The molecule has 5 nitrogen and oxygen atoms in total. The van der Waals surface area contributed by atoms with Gasteiger partial charge in [-0.2, -0.15) is 0 Å². The van der Waals surface area contributed by atoms with E-state index in [4.69, 9.17) is 9.15 Å². The Morgan fingerprint density at radius 2 is 1.95 bits per heavy atom. The van der Waals surface area contributed by atoms with E-state index in [1.165, 1.54) is 6.26 Å². The molecule has 1 aromatic rings. The Hall–Kier alpha value is -1.78. The van der Waals surface area contributed by atoms with Crippen LogP contribution in [-0.2, 0) is 9.53 Å². The van der Waals surface area contributed by atoms with E-state index in [-0.39, 0.29) is 11.7 Å². The van der Waals surface area contributed by atoms with E-state index >= 15 is 0 Å². The average Bonchev–Trinajstić information content (AvgIpc) is 2.75. The van der Waals surface area contributed by atoms with Crippen LogP contribution in [-0.4, -0.2) is 23.5 Å². The number of hydrogen-bond acceptors (Lipinski definition) is 4. The van der Waals surface area contributed by atoms with Gasteiger partial charge in [0, 0.05) is 0 Å². The lowest BCUT2D eigenvalue weighted by Crippen LogP contribution is -2.47. The van der Waals surface area contributed by atoms with Crippen molar-refractivity contribution in [3.05, 3.63) is 24.2 Å². The Labute approximate surface area is 113 Å². The maximum atomic E-state index is 12.0. The number of furan rings is 1. The summed E-state index contributed by atoms with van der Waals surface area (Å²) in [5, 5.41) is 2.63. The number of amides is 1. The average molecular weight is 267 g/mol. The Balaban J connectivity index is 2.73. The molecule has 0 saturated carbocycles. The Bertz CT molecular complexity index is 429. The topological polar surface area (TPSA) is 68.5 Å². The van der Waals surface area contributed by atoms with Crippen LogP contribution in [0.3, 0.4) is 0 Å². The maximum absolute atomic E-state index is 12.0. The second kappa shape index (κ2) is 5.91. The molecule has 1 heterocycles. The lowest BCUT2D eigenvalue weighted by molar-refractivity contribution is -0.158. The zero-order chi connectivity index (χ0) is 14.6. The van der Waals surface area contributed by atoms with Gasteiger partial charge in [-0.15, -0.1) is 0 Å². The van der Waals surface area contributed by atoms with Crippen LogP contribution in [0.15, 0.2) is 22.8 Å². The fourth-order valence-electron chi connectivity index (χ4n) is 1.48. The third-order valence-corrected chi connectivity index (χ3v) is 2.36. The van der Waals surface area contributed by atoms with Gasteiger partial charge >= 0.3 is 5.97 Å². The summed E-state index contributed by atoms with van der Waals surface area (Å²) in [6, 6.07) is 2.46. The quantitative estimate of drug-likeness (QED) is 0.850. The van der Waals surface area contributed by atoms with Crippen LogP contribution in [0.2, 0.25) is 0 Å². The smallest absolute Gasteiger partial charge is 0.329 e. The molecule has 1 N–H and O–H groups in total. The normalized spacial score (nSPS) is 13.2. The predicted molar refractivity (Wildman–Crippen MR) is 70.6 cm³/mol. The third kappa shape index (κ3) is 4.77. The highest BCUT2D eigenvalue weighted by atomic mass is 16.6. The van der Waals surface area contributed by atoms with Crippen LogP contribution in [0, 0.1) is 5.92 Å². The molecule has 0 aliphatic heterocycles. The SMILES string of the molecule is CC(C)[C@@H](NC(=O)c1ccco1)C(=O)OC(C)(C)C. The lowest BCUT2D eigenvalue weighted by Gasteiger charge is -2.26. The van der Waals surface area contributed by atoms with Crippen LogP contribution in [0.5, 0.6) is 0 Å². The summed E-state index contributed by atoms with van der Waals surface area (Å²) in [5.41, 5.74) is -0.584. The number of ether oxygens (including phenoxy) is 1. The van der Waals surface area contributed by atoms with E-state index in [2.05, 4.69) is 5.32 Å². The van der Waals surface area contributed by atoms with Crippen molar-refractivity contribution in [3.63, 3.8) is 0 Å². The molecular weight excluding hydrogens is 246 g/mol. The Morgan fingerprint density at radius 3 is 2.37 bits per heavy atom. The fraction of sp³-hybridized carbons (Fsp3) is 0.571. The molecule has 0 aliphatic carbocycles. The number of esters is 1. The van der Waals surface area contributed by atoms with Gasteiger partial charge in [0.15, 0.2) is 5.76 Å². The van der Waals surface area contributed by atoms with Gasteiger partial charge in [0.2, 0.25) is 0 Å². The predicted octanol–water partition coefficient (Wildman–Crippen LogP) is 2.38. The van der Waals surface area contributed by atoms with Gasteiger partial charge in [-0.25, -0.2) is 4.79 Å². The van der Waals surface area contributed by atoms with E-state index < -0.39 is 23.5 Å². The van der Waals surface area contributed by atoms with Crippen molar-refractivity contribution in [2.75, 3.05) is 0 Å². The van der Waals surface area contributed by atoms with Crippen LogP contribution < -0.4 is 5.32 Å². The molecule has 0 spiro atoms. The third-order valence-electron chi connectivity index (χ3n) is 2.36.